The van der Waals surface area contributed by atoms with E-state index in [0.29, 0.717) is 46.9 Å². The number of carbonyl (C=O) groups is 2. The maximum atomic E-state index is 12.7. The number of nitrogens with one attached hydrogen (secondary N) is 2. The molecule has 1 aliphatic rings. The fourth-order valence-electron chi connectivity index (χ4n) is 2.98. The van der Waals surface area contributed by atoms with Gasteiger partial charge in [0.15, 0.2) is 34.7 Å². The zero-order chi connectivity index (χ0) is 22.5. The first-order valence-corrected chi connectivity index (χ1v) is 10.6. The molecule has 9 nitrogen and oxygen atoms in total. The van der Waals surface area contributed by atoms with Gasteiger partial charge in [-0.2, -0.15) is 0 Å². The third-order valence-corrected chi connectivity index (χ3v) is 5.38. The van der Waals surface area contributed by atoms with E-state index in [9.17, 15) is 9.59 Å². The number of thiazole rings is 1. The summed E-state index contributed by atoms with van der Waals surface area (Å²) in [5.74, 6) is 1.48. The molecule has 2 aromatic carbocycles. The summed E-state index contributed by atoms with van der Waals surface area (Å²) < 4.78 is 21.9. The number of ether oxygens (including phenoxy) is 4. The van der Waals surface area contributed by atoms with E-state index in [1.807, 2.05) is 23.6 Å². The van der Waals surface area contributed by atoms with Gasteiger partial charge in [-0.3, -0.25) is 14.9 Å². The summed E-state index contributed by atoms with van der Waals surface area (Å²) in [7, 11) is 2.98. The van der Waals surface area contributed by atoms with Gasteiger partial charge >= 0.3 is 0 Å². The van der Waals surface area contributed by atoms with Crippen LogP contribution in [-0.4, -0.2) is 50.8 Å². The number of rotatable bonds is 7. The molecule has 32 heavy (non-hydrogen) atoms. The molecule has 10 heteroatoms. The van der Waals surface area contributed by atoms with Gasteiger partial charge in [0.05, 0.1) is 12.8 Å². The van der Waals surface area contributed by atoms with Crippen molar-refractivity contribution in [2.24, 2.45) is 0 Å². The smallest absolute Gasteiger partial charge is 0.257 e. The van der Waals surface area contributed by atoms with Crippen molar-refractivity contribution < 1.29 is 28.5 Å². The fourth-order valence-corrected chi connectivity index (χ4v) is 3.69. The van der Waals surface area contributed by atoms with Crippen LogP contribution in [0, 0.1) is 0 Å². The molecule has 0 unspecified atom stereocenters. The van der Waals surface area contributed by atoms with Crippen LogP contribution in [0.15, 0.2) is 41.8 Å². The molecule has 4 rings (SSSR count). The SMILES string of the molecule is CNC(=O)COc1ccc(C(=O)Nc2nc(-c3ccc4c(c3)OCCO4)cs2)cc1OC. The van der Waals surface area contributed by atoms with Crippen LogP contribution in [0.3, 0.4) is 0 Å². The topological polar surface area (TPSA) is 108 Å². The van der Waals surface area contributed by atoms with E-state index < -0.39 is 0 Å². The number of benzene rings is 2. The van der Waals surface area contributed by atoms with Crippen molar-refractivity contribution >= 4 is 28.3 Å². The Morgan fingerprint density at radius 3 is 2.69 bits per heavy atom. The second-order valence-electron chi connectivity index (χ2n) is 6.68. The normalized spacial score (nSPS) is 12.1. The Kier molecular flexibility index (Phi) is 6.41. The Morgan fingerprint density at radius 1 is 1.09 bits per heavy atom. The molecule has 166 valence electrons. The highest BCUT2D eigenvalue weighted by molar-refractivity contribution is 7.14. The summed E-state index contributed by atoms with van der Waals surface area (Å²) in [6.07, 6.45) is 0. The highest BCUT2D eigenvalue weighted by Crippen LogP contribution is 2.35. The lowest BCUT2D eigenvalue weighted by atomic mass is 10.1. The molecule has 2 N–H and O–H groups in total. The third-order valence-electron chi connectivity index (χ3n) is 4.63. The van der Waals surface area contributed by atoms with Gasteiger partial charge in [0, 0.05) is 23.6 Å². The van der Waals surface area contributed by atoms with Gasteiger partial charge in [0.25, 0.3) is 11.8 Å². The Labute approximate surface area is 188 Å². The summed E-state index contributed by atoms with van der Waals surface area (Å²) >= 11 is 1.32. The first kappa shape index (κ1) is 21.4. The molecule has 0 saturated carbocycles. The molecule has 2 heterocycles. The summed E-state index contributed by atoms with van der Waals surface area (Å²) in [6.45, 7) is 0.888. The Bertz CT molecular complexity index is 1150. The van der Waals surface area contributed by atoms with Crippen molar-refractivity contribution in [3.8, 4) is 34.3 Å². The van der Waals surface area contributed by atoms with Crippen LogP contribution in [0.5, 0.6) is 23.0 Å². The molecule has 0 saturated heterocycles. The van der Waals surface area contributed by atoms with Crippen LogP contribution in [0.25, 0.3) is 11.3 Å². The number of amides is 2. The van der Waals surface area contributed by atoms with E-state index in [0.717, 1.165) is 11.3 Å². The summed E-state index contributed by atoms with van der Waals surface area (Å²) in [5, 5.41) is 7.58. The van der Waals surface area contributed by atoms with E-state index in [-0.39, 0.29) is 18.4 Å². The van der Waals surface area contributed by atoms with Crippen molar-refractivity contribution in [1.82, 2.24) is 10.3 Å². The molecular formula is C22H21N3O6S. The fraction of sp³-hybridized carbons (Fsp3) is 0.227. The predicted octanol–water partition coefficient (Wildman–Crippen LogP) is 2.97. The minimum absolute atomic E-state index is 0.153. The van der Waals surface area contributed by atoms with E-state index in [1.54, 1.807) is 18.2 Å². The monoisotopic (exact) mass is 455 g/mol. The molecular weight excluding hydrogens is 434 g/mol. The van der Waals surface area contributed by atoms with Gasteiger partial charge in [-0.15, -0.1) is 11.3 Å². The number of anilines is 1. The number of carbonyl (C=O) groups excluding carboxylic acids is 2. The van der Waals surface area contributed by atoms with E-state index >= 15 is 0 Å². The van der Waals surface area contributed by atoms with Crippen LogP contribution in [0.4, 0.5) is 5.13 Å². The molecule has 3 aromatic rings. The second kappa shape index (κ2) is 9.56. The van der Waals surface area contributed by atoms with E-state index in [4.69, 9.17) is 18.9 Å². The molecule has 2 amide bonds. The highest BCUT2D eigenvalue weighted by atomic mass is 32.1. The Balaban J connectivity index is 1.45. The molecule has 0 radical (unpaired) electrons. The van der Waals surface area contributed by atoms with Gasteiger partial charge in [-0.25, -0.2) is 4.98 Å². The van der Waals surface area contributed by atoms with Crippen LogP contribution in [0.1, 0.15) is 10.4 Å². The van der Waals surface area contributed by atoms with Gasteiger partial charge in [-0.05, 0) is 36.4 Å². The zero-order valence-electron chi connectivity index (χ0n) is 17.5. The van der Waals surface area contributed by atoms with Gasteiger partial charge in [-0.1, -0.05) is 0 Å². The largest absolute Gasteiger partial charge is 0.493 e. The Morgan fingerprint density at radius 2 is 1.91 bits per heavy atom. The van der Waals surface area contributed by atoms with Crippen LogP contribution in [-0.2, 0) is 4.79 Å². The van der Waals surface area contributed by atoms with Crippen LogP contribution < -0.4 is 29.6 Å². The van der Waals surface area contributed by atoms with E-state index in [1.165, 1.54) is 25.5 Å². The predicted molar refractivity (Wildman–Crippen MR) is 119 cm³/mol. The third kappa shape index (κ3) is 4.75. The summed E-state index contributed by atoms with van der Waals surface area (Å²) in [6, 6.07) is 10.3. The summed E-state index contributed by atoms with van der Waals surface area (Å²) in [4.78, 5) is 28.6. The molecule has 1 aliphatic heterocycles. The molecule has 0 fully saturated rings. The van der Waals surface area contributed by atoms with Crippen molar-refractivity contribution in [2.75, 3.05) is 39.3 Å². The average Bonchev–Trinajstić information content (AvgIpc) is 3.30. The second-order valence-corrected chi connectivity index (χ2v) is 7.54. The molecule has 0 aliphatic carbocycles. The quantitative estimate of drug-likeness (QED) is 0.564. The number of fused-ring (bicyclic) bond motifs is 1. The van der Waals surface area contributed by atoms with Crippen LogP contribution >= 0.6 is 11.3 Å². The number of methoxy groups -OCH3 is 1. The number of hydrogen-bond donors (Lipinski definition) is 2. The van der Waals surface area contributed by atoms with Crippen LogP contribution in [0.2, 0.25) is 0 Å². The lowest BCUT2D eigenvalue weighted by molar-refractivity contribution is -0.122. The van der Waals surface area contributed by atoms with E-state index in [2.05, 4.69) is 15.6 Å². The van der Waals surface area contributed by atoms with Gasteiger partial charge in [0.1, 0.15) is 13.2 Å². The van der Waals surface area contributed by atoms with Crippen molar-refractivity contribution in [3.05, 3.63) is 47.3 Å². The lowest BCUT2D eigenvalue weighted by Crippen LogP contribution is -2.25. The zero-order valence-corrected chi connectivity index (χ0v) is 18.3. The standard InChI is InChI=1S/C22H21N3O6S/c1-23-20(26)11-31-16-6-4-14(10-18(16)28-2)21(27)25-22-24-15(12-32-22)13-3-5-17-19(9-13)30-8-7-29-17/h3-6,9-10,12H,7-8,11H2,1-2H3,(H,23,26)(H,24,25,27). The van der Waals surface area contributed by atoms with Gasteiger partial charge in [0.2, 0.25) is 0 Å². The lowest BCUT2D eigenvalue weighted by Gasteiger charge is -2.18. The molecule has 0 spiro atoms. The maximum absolute atomic E-state index is 12.7. The maximum Gasteiger partial charge on any atom is 0.257 e. The van der Waals surface area contributed by atoms with Crippen molar-refractivity contribution in [1.29, 1.82) is 0 Å². The van der Waals surface area contributed by atoms with Gasteiger partial charge < -0.3 is 24.3 Å². The number of likely N-dealkylation sites (N-methyl/N-ethyl adjacent to an activating group) is 1. The average molecular weight is 455 g/mol. The molecule has 1 aromatic heterocycles. The summed E-state index contributed by atoms with van der Waals surface area (Å²) in [5.41, 5.74) is 1.95. The molecule has 0 bridgehead atoms. The number of nitrogens with zero attached hydrogens (tertiary/aromatic N) is 1. The number of aromatic nitrogens is 1. The first-order valence-electron chi connectivity index (χ1n) is 9.75. The van der Waals surface area contributed by atoms with Crippen molar-refractivity contribution in [3.63, 3.8) is 0 Å². The number of hydrogen-bond acceptors (Lipinski definition) is 8. The highest BCUT2D eigenvalue weighted by Gasteiger charge is 2.16. The minimum atomic E-state index is -0.343. The Hall–Kier alpha value is -3.79. The van der Waals surface area contributed by atoms with Crippen molar-refractivity contribution in [2.45, 2.75) is 0 Å². The first-order chi connectivity index (χ1) is 15.6. The molecule has 0 atom stereocenters. The minimum Gasteiger partial charge on any atom is -0.493 e.